The van der Waals surface area contributed by atoms with E-state index in [0.29, 0.717) is 16.6 Å². The first kappa shape index (κ1) is 22.9. The second-order valence-electron chi connectivity index (χ2n) is 7.95. The summed E-state index contributed by atoms with van der Waals surface area (Å²) in [7, 11) is 3.63. The number of carbonyl (C=O) groups is 1. The summed E-state index contributed by atoms with van der Waals surface area (Å²) in [5, 5.41) is 1.56. The minimum absolute atomic E-state index is 0.0530. The van der Waals surface area contributed by atoms with Gasteiger partial charge in [-0.1, -0.05) is 17.8 Å². The van der Waals surface area contributed by atoms with Crippen molar-refractivity contribution in [2.75, 3.05) is 56.8 Å². The predicted octanol–water partition coefficient (Wildman–Crippen LogP) is 4.69. The lowest BCUT2D eigenvalue weighted by Gasteiger charge is -2.28. The molecule has 0 radical (unpaired) electrons. The summed E-state index contributed by atoms with van der Waals surface area (Å²) < 4.78 is 10.8. The fourth-order valence-electron chi connectivity index (χ4n) is 4.03. The average Bonchev–Trinajstić information content (AvgIpc) is 3.36. The molecule has 0 saturated carbocycles. The molecule has 0 bridgehead atoms. The zero-order valence-electron chi connectivity index (χ0n) is 19.2. The van der Waals surface area contributed by atoms with Crippen LogP contribution in [0.2, 0.25) is 0 Å². The molecule has 9 heteroatoms. The van der Waals surface area contributed by atoms with E-state index in [1.807, 2.05) is 37.4 Å². The Hall–Kier alpha value is -2.88. The van der Waals surface area contributed by atoms with E-state index in [0.717, 1.165) is 59.0 Å². The fraction of sp³-hybridized carbons (Fsp3) is 0.280. The molecule has 3 aliphatic heterocycles. The number of ether oxygens (including phenoxy) is 2. The quantitative estimate of drug-likeness (QED) is 0.441. The van der Waals surface area contributed by atoms with Crippen molar-refractivity contribution in [3.05, 3.63) is 65.1 Å². The van der Waals surface area contributed by atoms with E-state index >= 15 is 0 Å². The minimum Gasteiger partial charge on any atom is -0.497 e. The summed E-state index contributed by atoms with van der Waals surface area (Å²) in [4.78, 5) is 26.0. The van der Waals surface area contributed by atoms with Gasteiger partial charge in [0.2, 0.25) is 0 Å². The van der Waals surface area contributed by atoms with E-state index < -0.39 is 0 Å². The number of amidine groups is 1. The van der Waals surface area contributed by atoms with Crippen LogP contribution in [0.1, 0.15) is 0 Å². The number of hydrogen-bond acceptors (Lipinski definition) is 8. The number of anilines is 2. The summed E-state index contributed by atoms with van der Waals surface area (Å²) >= 11 is 3.01. The number of fused-ring (bicyclic) bond motifs is 1. The molecule has 0 spiro atoms. The van der Waals surface area contributed by atoms with Crippen molar-refractivity contribution in [1.82, 2.24) is 4.90 Å². The lowest BCUT2D eigenvalue weighted by atomic mass is 10.2. The van der Waals surface area contributed by atoms with Crippen LogP contribution < -0.4 is 14.5 Å². The molecule has 0 atom stereocenters. The van der Waals surface area contributed by atoms with Gasteiger partial charge in [0.05, 0.1) is 36.7 Å². The molecule has 176 valence electrons. The smallest absolute Gasteiger partial charge is 0.269 e. The monoisotopic (exact) mass is 494 g/mol. The molecule has 2 aromatic carbocycles. The molecule has 2 fully saturated rings. The Balaban J connectivity index is 1.43. The molecule has 34 heavy (non-hydrogen) atoms. The lowest BCUT2D eigenvalue weighted by Crippen LogP contribution is -2.36. The van der Waals surface area contributed by atoms with Crippen LogP contribution in [0, 0.1) is 0 Å². The summed E-state index contributed by atoms with van der Waals surface area (Å²) in [6.45, 7) is 7.52. The summed E-state index contributed by atoms with van der Waals surface area (Å²) in [6, 6.07) is 14.1. The zero-order chi connectivity index (χ0) is 23.7. The van der Waals surface area contributed by atoms with Crippen LogP contribution in [0.5, 0.6) is 5.75 Å². The number of morpholine rings is 1. The highest BCUT2D eigenvalue weighted by atomic mass is 32.2. The third-order valence-corrected chi connectivity index (χ3v) is 8.29. The van der Waals surface area contributed by atoms with Crippen molar-refractivity contribution in [3.8, 4) is 5.75 Å². The summed E-state index contributed by atoms with van der Waals surface area (Å²) in [5.74, 6) is 0.738. The van der Waals surface area contributed by atoms with Crippen molar-refractivity contribution in [2.24, 2.45) is 4.99 Å². The average molecular weight is 495 g/mol. The van der Waals surface area contributed by atoms with Gasteiger partial charge >= 0.3 is 0 Å². The Bertz CT molecular complexity index is 1170. The largest absolute Gasteiger partial charge is 0.497 e. The summed E-state index contributed by atoms with van der Waals surface area (Å²) in [5.41, 5.74) is 3.00. The Labute approximate surface area is 208 Å². The topological polar surface area (TPSA) is 57.6 Å². The number of amides is 1. The second-order valence-corrected chi connectivity index (χ2v) is 9.95. The van der Waals surface area contributed by atoms with E-state index in [9.17, 15) is 4.79 Å². The van der Waals surface area contributed by atoms with Gasteiger partial charge in [0.25, 0.3) is 5.91 Å². The Morgan fingerprint density at radius 3 is 2.62 bits per heavy atom. The standard InChI is InChI=1S/C25H26N4O3S2/c1-4-11-29-23(30)22(24-27(2)20-16-19(31-3)9-10-21(20)33-24)34-25(29)26-17-5-7-18(8-6-17)28-12-14-32-15-13-28/h4-10,16H,1,11-15H2,2-3H3/b24-22-,26-25?. The molecular weight excluding hydrogens is 468 g/mol. The van der Waals surface area contributed by atoms with Crippen LogP contribution in [0.25, 0.3) is 0 Å². The molecule has 0 aromatic heterocycles. The predicted molar refractivity (Wildman–Crippen MR) is 140 cm³/mol. The number of thioether (sulfide) groups is 2. The number of benzene rings is 2. The van der Waals surface area contributed by atoms with Crippen LogP contribution in [-0.4, -0.2) is 63.0 Å². The number of nitrogens with zero attached hydrogens (tertiary/aromatic N) is 4. The van der Waals surface area contributed by atoms with Crippen molar-refractivity contribution < 1.29 is 14.3 Å². The number of hydrogen-bond donors (Lipinski definition) is 0. The van der Waals surface area contributed by atoms with Gasteiger partial charge in [-0.25, -0.2) is 4.99 Å². The van der Waals surface area contributed by atoms with Crippen molar-refractivity contribution in [3.63, 3.8) is 0 Å². The minimum atomic E-state index is -0.0530. The van der Waals surface area contributed by atoms with Gasteiger partial charge in [-0.2, -0.15) is 0 Å². The van der Waals surface area contributed by atoms with Crippen LogP contribution in [0.15, 0.2) is 74.9 Å². The normalized spacial score (nSPS) is 21.4. The van der Waals surface area contributed by atoms with Gasteiger partial charge in [-0.3, -0.25) is 9.69 Å². The molecule has 0 aliphatic carbocycles. The molecule has 5 rings (SSSR count). The van der Waals surface area contributed by atoms with E-state index in [-0.39, 0.29) is 5.91 Å². The number of aliphatic imine (C=N–C) groups is 1. The molecular formula is C25H26N4O3S2. The van der Waals surface area contributed by atoms with Gasteiger partial charge in [0.1, 0.15) is 10.7 Å². The van der Waals surface area contributed by atoms with Crippen LogP contribution in [-0.2, 0) is 9.53 Å². The molecule has 2 saturated heterocycles. The molecule has 0 unspecified atom stereocenters. The summed E-state index contributed by atoms with van der Waals surface area (Å²) in [6.07, 6.45) is 1.73. The maximum atomic E-state index is 13.4. The second kappa shape index (κ2) is 9.77. The maximum absolute atomic E-state index is 13.4. The third kappa shape index (κ3) is 4.31. The number of methoxy groups -OCH3 is 1. The Morgan fingerprint density at radius 2 is 1.91 bits per heavy atom. The molecule has 2 aromatic rings. The van der Waals surface area contributed by atoms with Crippen molar-refractivity contribution in [2.45, 2.75) is 4.90 Å². The molecule has 1 amide bonds. The van der Waals surface area contributed by atoms with Gasteiger partial charge in [0, 0.05) is 43.3 Å². The lowest BCUT2D eigenvalue weighted by molar-refractivity contribution is -0.121. The highest BCUT2D eigenvalue weighted by Crippen LogP contribution is 2.51. The Kier molecular flexibility index (Phi) is 6.58. The highest BCUT2D eigenvalue weighted by molar-refractivity contribution is 8.19. The van der Waals surface area contributed by atoms with Gasteiger partial charge in [-0.15, -0.1) is 6.58 Å². The maximum Gasteiger partial charge on any atom is 0.269 e. The van der Waals surface area contributed by atoms with Crippen LogP contribution >= 0.6 is 23.5 Å². The van der Waals surface area contributed by atoms with Gasteiger partial charge < -0.3 is 19.3 Å². The zero-order valence-corrected chi connectivity index (χ0v) is 20.8. The van der Waals surface area contributed by atoms with Crippen molar-refractivity contribution in [1.29, 1.82) is 0 Å². The van der Waals surface area contributed by atoms with E-state index in [1.54, 1.807) is 29.8 Å². The molecule has 0 N–H and O–H groups in total. The molecule has 7 nitrogen and oxygen atoms in total. The first-order chi connectivity index (χ1) is 16.6. The van der Waals surface area contributed by atoms with E-state index in [2.05, 4.69) is 28.5 Å². The van der Waals surface area contributed by atoms with Crippen LogP contribution in [0.4, 0.5) is 17.1 Å². The number of carbonyl (C=O) groups excluding carboxylic acids is 1. The van der Waals surface area contributed by atoms with Crippen LogP contribution in [0.3, 0.4) is 0 Å². The first-order valence-corrected chi connectivity index (χ1v) is 12.7. The SMILES string of the molecule is C=CCN1C(=O)/C(=C2/Sc3ccc(OC)cc3N2C)SC1=Nc1ccc(N2CCOCC2)cc1. The van der Waals surface area contributed by atoms with Crippen molar-refractivity contribution >= 4 is 51.7 Å². The Morgan fingerprint density at radius 1 is 1.15 bits per heavy atom. The fourth-order valence-corrected chi connectivity index (χ4v) is 6.36. The molecule has 3 heterocycles. The first-order valence-electron chi connectivity index (χ1n) is 11.0. The van der Waals surface area contributed by atoms with Gasteiger partial charge in [-0.05, 0) is 48.2 Å². The highest BCUT2D eigenvalue weighted by Gasteiger charge is 2.38. The third-order valence-electron chi connectivity index (χ3n) is 5.86. The molecule has 3 aliphatic rings. The van der Waals surface area contributed by atoms with Gasteiger partial charge in [0.15, 0.2) is 5.17 Å². The van der Waals surface area contributed by atoms with E-state index in [4.69, 9.17) is 14.5 Å². The van der Waals surface area contributed by atoms with E-state index in [1.165, 1.54) is 11.8 Å². The number of rotatable bonds is 5.